The summed E-state index contributed by atoms with van der Waals surface area (Å²) in [6.45, 7) is 0.290. The van der Waals surface area contributed by atoms with Crippen molar-refractivity contribution in [3.63, 3.8) is 0 Å². The van der Waals surface area contributed by atoms with Crippen LogP contribution in [0.2, 0.25) is 0 Å². The van der Waals surface area contributed by atoms with E-state index in [0.29, 0.717) is 29.2 Å². The number of thiophene rings is 1. The lowest BCUT2D eigenvalue weighted by Gasteiger charge is -2.20. The number of amides is 1. The minimum absolute atomic E-state index is 0.0550. The van der Waals surface area contributed by atoms with E-state index in [2.05, 4.69) is 15.1 Å². The molecule has 0 atom stereocenters. The van der Waals surface area contributed by atoms with Gasteiger partial charge in [0.05, 0.1) is 50.3 Å². The van der Waals surface area contributed by atoms with Gasteiger partial charge >= 0.3 is 0 Å². The number of rotatable bonds is 5. The average molecular weight is 549 g/mol. The van der Waals surface area contributed by atoms with Gasteiger partial charge in [-0.15, -0.1) is 11.3 Å². The predicted molar refractivity (Wildman–Crippen MR) is 153 cm³/mol. The number of benzene rings is 2. The zero-order valence-corrected chi connectivity index (χ0v) is 22.0. The fraction of sp³-hybridized carbons (Fsp3) is 0.0667. The Kier molecular flexibility index (Phi) is 5.75. The molecule has 1 aliphatic heterocycles. The molecule has 2 aromatic carbocycles. The highest BCUT2D eigenvalue weighted by Crippen LogP contribution is 2.39. The molecule has 10 heteroatoms. The van der Waals surface area contributed by atoms with Crippen molar-refractivity contribution in [2.75, 3.05) is 11.4 Å². The number of halogens is 1. The van der Waals surface area contributed by atoms with Gasteiger partial charge in [0.25, 0.3) is 5.91 Å². The third-order valence-corrected chi connectivity index (χ3v) is 7.79. The largest absolute Gasteiger partial charge is 0.453 e. The number of hydrogen-bond acceptors (Lipinski definition) is 6. The van der Waals surface area contributed by atoms with E-state index in [1.807, 2.05) is 66.4 Å². The highest BCUT2D eigenvalue weighted by Gasteiger charge is 2.26. The van der Waals surface area contributed by atoms with Gasteiger partial charge in [0.15, 0.2) is 11.6 Å². The molecule has 0 unspecified atom stereocenters. The molecule has 1 amide bonds. The number of aryl methyl sites for hydroxylation is 1. The first-order valence-electron chi connectivity index (χ1n) is 12.5. The molecule has 0 saturated heterocycles. The highest BCUT2D eigenvalue weighted by molar-refractivity contribution is 7.22. The van der Waals surface area contributed by atoms with Gasteiger partial charge in [-0.3, -0.25) is 9.78 Å². The number of ether oxygens (including phenoxy) is 1. The van der Waals surface area contributed by atoms with Gasteiger partial charge in [0.1, 0.15) is 5.75 Å². The Balaban J connectivity index is 1.17. The molecule has 40 heavy (non-hydrogen) atoms. The number of anilines is 1. The maximum atomic E-state index is 15.4. The van der Waals surface area contributed by atoms with E-state index < -0.39 is 5.82 Å². The number of carbonyl (C=O) groups excluding carboxylic acids is 1. The zero-order chi connectivity index (χ0) is 27.2. The van der Waals surface area contributed by atoms with Crippen LogP contribution in [0.1, 0.15) is 16.1 Å². The fourth-order valence-corrected chi connectivity index (χ4v) is 5.73. The van der Waals surface area contributed by atoms with Crippen molar-refractivity contribution in [1.29, 1.82) is 0 Å². The molecule has 0 bridgehead atoms. The molecular weight excluding hydrogens is 527 g/mol. The van der Waals surface area contributed by atoms with Crippen LogP contribution in [0.4, 0.5) is 10.1 Å². The molecule has 7 rings (SSSR count). The summed E-state index contributed by atoms with van der Waals surface area (Å²) < 4.78 is 25.8. The highest BCUT2D eigenvalue weighted by atomic mass is 32.1. The maximum absolute atomic E-state index is 15.4. The van der Waals surface area contributed by atoms with Crippen LogP contribution in [0, 0.1) is 5.82 Å². The second kappa shape index (κ2) is 9.58. The van der Waals surface area contributed by atoms with Gasteiger partial charge < -0.3 is 14.2 Å². The van der Waals surface area contributed by atoms with Crippen molar-refractivity contribution in [1.82, 2.24) is 24.3 Å². The number of carbonyl (C=O) groups is 1. The molecule has 0 spiro atoms. The first kappa shape index (κ1) is 24.0. The summed E-state index contributed by atoms with van der Waals surface area (Å²) in [6.07, 6.45) is 10.6. The van der Waals surface area contributed by atoms with E-state index in [0.717, 1.165) is 26.5 Å². The van der Waals surface area contributed by atoms with Crippen molar-refractivity contribution >= 4 is 39.2 Å². The average Bonchev–Trinajstić information content (AvgIpc) is 3.69. The van der Waals surface area contributed by atoms with Gasteiger partial charge in [-0.05, 0) is 36.4 Å². The second-order valence-electron chi connectivity index (χ2n) is 9.28. The van der Waals surface area contributed by atoms with Crippen LogP contribution in [0.3, 0.4) is 0 Å². The standard InChI is InChI=1S/C30H21FN6O2S/c1-35-17-24(33-18-35)28-15-23-29(40-28)27(11-12-32-23)39-26-10-9-20(14-22(26)31)36-13-5-8-25-21(30(36)38)16-34-37(25)19-6-3-2-4-7-19/h2-12,14-18H,13H2,1H3. The molecule has 1 aliphatic rings. The van der Waals surface area contributed by atoms with Crippen molar-refractivity contribution in [2.45, 2.75) is 0 Å². The van der Waals surface area contributed by atoms with Crippen molar-refractivity contribution in [2.24, 2.45) is 7.05 Å². The van der Waals surface area contributed by atoms with E-state index in [1.165, 1.54) is 22.3 Å². The van der Waals surface area contributed by atoms with Crippen LogP contribution in [0.5, 0.6) is 11.5 Å². The Morgan fingerprint density at radius 1 is 1.00 bits per heavy atom. The van der Waals surface area contributed by atoms with Gasteiger partial charge in [0, 0.05) is 43.8 Å². The van der Waals surface area contributed by atoms with Crippen LogP contribution >= 0.6 is 11.3 Å². The molecular formula is C30H21FN6O2S. The summed E-state index contributed by atoms with van der Waals surface area (Å²) >= 11 is 1.48. The topological polar surface area (TPSA) is 78.1 Å². The normalized spacial score (nSPS) is 13.1. The number of hydrogen-bond donors (Lipinski definition) is 0. The van der Waals surface area contributed by atoms with E-state index in [-0.39, 0.29) is 11.7 Å². The Bertz CT molecular complexity index is 1920. The predicted octanol–water partition coefficient (Wildman–Crippen LogP) is 6.49. The summed E-state index contributed by atoms with van der Waals surface area (Å²) in [7, 11) is 1.91. The Labute approximate surface area is 232 Å². The first-order chi connectivity index (χ1) is 19.5. The van der Waals surface area contributed by atoms with Crippen molar-refractivity contribution < 1.29 is 13.9 Å². The van der Waals surface area contributed by atoms with Crippen molar-refractivity contribution in [3.05, 3.63) is 109 Å². The minimum atomic E-state index is -0.579. The zero-order valence-electron chi connectivity index (χ0n) is 21.2. The first-order valence-corrected chi connectivity index (χ1v) is 13.3. The maximum Gasteiger partial charge on any atom is 0.262 e. The molecule has 4 aromatic heterocycles. The third kappa shape index (κ3) is 4.15. The summed E-state index contributed by atoms with van der Waals surface area (Å²) in [6, 6.07) is 17.8. The molecule has 5 heterocycles. The monoisotopic (exact) mass is 548 g/mol. The Morgan fingerprint density at radius 2 is 1.88 bits per heavy atom. The van der Waals surface area contributed by atoms with Crippen LogP contribution in [0.15, 0.2) is 91.7 Å². The lowest BCUT2D eigenvalue weighted by atomic mass is 10.2. The van der Waals surface area contributed by atoms with Gasteiger partial charge in [0.2, 0.25) is 0 Å². The van der Waals surface area contributed by atoms with Crippen LogP contribution in [-0.4, -0.2) is 36.8 Å². The molecule has 6 aromatic rings. The molecule has 196 valence electrons. The lowest BCUT2D eigenvalue weighted by Crippen LogP contribution is -2.30. The lowest BCUT2D eigenvalue weighted by molar-refractivity contribution is 0.0990. The molecule has 0 fully saturated rings. The minimum Gasteiger partial charge on any atom is -0.453 e. The summed E-state index contributed by atoms with van der Waals surface area (Å²) in [5, 5.41) is 4.43. The van der Waals surface area contributed by atoms with Crippen molar-refractivity contribution in [3.8, 4) is 27.8 Å². The number of fused-ring (bicyclic) bond motifs is 2. The smallest absolute Gasteiger partial charge is 0.262 e. The number of nitrogens with zero attached hydrogens (tertiary/aromatic N) is 6. The van der Waals surface area contributed by atoms with Crippen LogP contribution < -0.4 is 9.64 Å². The molecule has 0 saturated carbocycles. The van der Waals surface area contributed by atoms with Crippen LogP contribution in [-0.2, 0) is 7.05 Å². The number of para-hydroxylation sites is 1. The Morgan fingerprint density at radius 3 is 2.67 bits per heavy atom. The van der Waals surface area contributed by atoms with E-state index in [1.54, 1.807) is 41.6 Å². The molecule has 0 radical (unpaired) electrons. The summed E-state index contributed by atoms with van der Waals surface area (Å²) in [5.41, 5.74) is 3.98. The van der Waals surface area contributed by atoms with E-state index in [9.17, 15) is 4.79 Å². The summed E-state index contributed by atoms with van der Waals surface area (Å²) in [4.78, 5) is 24.8. The van der Waals surface area contributed by atoms with Crippen LogP contribution in [0.25, 0.3) is 32.6 Å². The quantitative estimate of drug-likeness (QED) is 0.246. The SMILES string of the molecule is Cn1cnc(-c2cc3nccc(Oc4ccc(N5CC=Cc6c(cnn6-c6ccccc6)C5=O)cc4F)c3s2)c1. The molecule has 0 N–H and O–H groups in total. The number of aromatic nitrogens is 5. The second-order valence-corrected chi connectivity index (χ2v) is 10.3. The molecule has 8 nitrogen and oxygen atoms in total. The number of pyridine rings is 1. The van der Waals surface area contributed by atoms with Gasteiger partial charge in [-0.25, -0.2) is 14.1 Å². The van der Waals surface area contributed by atoms with Gasteiger partial charge in [-0.2, -0.15) is 5.10 Å². The van der Waals surface area contributed by atoms with E-state index in [4.69, 9.17) is 4.74 Å². The fourth-order valence-electron chi connectivity index (χ4n) is 4.70. The molecule has 0 aliphatic carbocycles. The summed E-state index contributed by atoms with van der Waals surface area (Å²) in [5.74, 6) is -0.285. The van der Waals surface area contributed by atoms with E-state index >= 15 is 4.39 Å². The third-order valence-electron chi connectivity index (χ3n) is 6.63. The number of imidazole rings is 1. The Hall–Kier alpha value is -5.09. The van der Waals surface area contributed by atoms with Gasteiger partial charge in [-0.1, -0.05) is 24.3 Å².